The monoisotopic (exact) mass is 456 g/mol. The van der Waals surface area contributed by atoms with Crippen molar-refractivity contribution in [2.24, 2.45) is 5.92 Å². The standard InChI is InChI=1S/C30H36N2O2/c1-20-15-26-11-14-32(30(33)28(26)16-21(20)2)19-24-10-13-31(18-24)12-9-23-5-7-27-22(3)29(34-4)8-6-25(27)17-23/h5-8,15-17,24H,9-14,18-19H2,1-4H3. The number of aryl methyl sites for hydroxylation is 3. The fourth-order valence-electron chi connectivity index (χ4n) is 5.74. The minimum atomic E-state index is 0.228. The molecule has 0 spiro atoms. The molecule has 3 aromatic rings. The lowest BCUT2D eigenvalue weighted by Gasteiger charge is -2.31. The molecule has 1 saturated heterocycles. The van der Waals surface area contributed by atoms with Gasteiger partial charge in [0.25, 0.3) is 5.91 Å². The van der Waals surface area contributed by atoms with Crippen LogP contribution in [0.15, 0.2) is 42.5 Å². The lowest BCUT2D eigenvalue weighted by molar-refractivity contribution is 0.0712. The normalized spacial score (nSPS) is 18.5. The molecule has 0 aliphatic carbocycles. The van der Waals surface area contributed by atoms with Gasteiger partial charge in [-0.1, -0.05) is 30.3 Å². The van der Waals surface area contributed by atoms with E-state index in [4.69, 9.17) is 4.74 Å². The van der Waals surface area contributed by atoms with Crippen molar-refractivity contribution >= 4 is 16.7 Å². The van der Waals surface area contributed by atoms with E-state index in [2.05, 4.69) is 73.0 Å². The number of nitrogens with zero attached hydrogens (tertiary/aromatic N) is 2. The number of ether oxygens (including phenoxy) is 1. The van der Waals surface area contributed by atoms with Gasteiger partial charge in [0.05, 0.1) is 7.11 Å². The summed E-state index contributed by atoms with van der Waals surface area (Å²) in [5, 5.41) is 2.55. The van der Waals surface area contributed by atoms with E-state index in [9.17, 15) is 4.79 Å². The first-order valence-electron chi connectivity index (χ1n) is 12.6. The number of hydrogen-bond donors (Lipinski definition) is 0. The van der Waals surface area contributed by atoms with Crippen LogP contribution in [0, 0.1) is 26.7 Å². The average Bonchev–Trinajstić information content (AvgIpc) is 3.28. The van der Waals surface area contributed by atoms with E-state index in [1.165, 1.54) is 45.0 Å². The van der Waals surface area contributed by atoms with Gasteiger partial charge >= 0.3 is 0 Å². The zero-order valence-corrected chi connectivity index (χ0v) is 21.0. The molecule has 0 saturated carbocycles. The highest BCUT2D eigenvalue weighted by atomic mass is 16.5. The van der Waals surface area contributed by atoms with Gasteiger partial charge in [-0.25, -0.2) is 0 Å². The molecule has 1 unspecified atom stereocenters. The number of rotatable bonds is 6. The Labute approximate surface area is 203 Å². The summed E-state index contributed by atoms with van der Waals surface area (Å²) in [5.74, 6) is 1.75. The molecule has 2 aliphatic rings. The zero-order chi connectivity index (χ0) is 23.8. The van der Waals surface area contributed by atoms with E-state index < -0.39 is 0 Å². The predicted octanol–water partition coefficient (Wildman–Crippen LogP) is 5.34. The number of carbonyl (C=O) groups excluding carboxylic acids is 1. The summed E-state index contributed by atoms with van der Waals surface area (Å²) < 4.78 is 5.47. The van der Waals surface area contributed by atoms with E-state index >= 15 is 0 Å². The number of amides is 1. The average molecular weight is 457 g/mol. The number of hydrogen-bond acceptors (Lipinski definition) is 3. The van der Waals surface area contributed by atoms with Crippen LogP contribution < -0.4 is 4.74 Å². The van der Waals surface area contributed by atoms with Crippen molar-refractivity contribution in [3.05, 3.63) is 75.8 Å². The van der Waals surface area contributed by atoms with Gasteiger partial charge < -0.3 is 14.5 Å². The maximum Gasteiger partial charge on any atom is 0.254 e. The van der Waals surface area contributed by atoms with Gasteiger partial charge in [-0.3, -0.25) is 4.79 Å². The summed E-state index contributed by atoms with van der Waals surface area (Å²) in [7, 11) is 1.73. The SMILES string of the molecule is COc1ccc2cc(CCN3CCC(CN4CCc5cc(C)c(C)cc5C4=O)C3)ccc2c1C. The Morgan fingerprint density at radius 1 is 1.00 bits per heavy atom. The van der Waals surface area contributed by atoms with E-state index in [0.717, 1.165) is 56.9 Å². The minimum absolute atomic E-state index is 0.228. The molecular weight excluding hydrogens is 420 g/mol. The van der Waals surface area contributed by atoms with Gasteiger partial charge in [0.15, 0.2) is 0 Å². The molecule has 3 aromatic carbocycles. The van der Waals surface area contributed by atoms with Gasteiger partial charge in [0.2, 0.25) is 0 Å². The molecule has 1 atom stereocenters. The minimum Gasteiger partial charge on any atom is -0.496 e. The second-order valence-corrected chi connectivity index (χ2v) is 10.2. The second-order valence-electron chi connectivity index (χ2n) is 10.2. The molecule has 2 aliphatic heterocycles. The Morgan fingerprint density at radius 2 is 1.82 bits per heavy atom. The third-order valence-corrected chi connectivity index (χ3v) is 7.98. The van der Waals surface area contributed by atoms with Crippen molar-refractivity contribution in [3.8, 4) is 5.75 Å². The van der Waals surface area contributed by atoms with Crippen LogP contribution in [0.2, 0.25) is 0 Å². The molecule has 0 radical (unpaired) electrons. The van der Waals surface area contributed by atoms with Crippen LogP contribution in [0.25, 0.3) is 10.8 Å². The molecule has 1 amide bonds. The van der Waals surface area contributed by atoms with Gasteiger partial charge in [0.1, 0.15) is 5.75 Å². The molecule has 34 heavy (non-hydrogen) atoms. The van der Waals surface area contributed by atoms with E-state index in [1.807, 2.05) is 0 Å². The van der Waals surface area contributed by atoms with Gasteiger partial charge in [-0.2, -0.15) is 0 Å². The van der Waals surface area contributed by atoms with Gasteiger partial charge in [-0.05, 0) is 103 Å². The third kappa shape index (κ3) is 4.44. The van der Waals surface area contributed by atoms with E-state index in [-0.39, 0.29) is 5.91 Å². The molecule has 0 N–H and O–H groups in total. The number of carbonyl (C=O) groups is 1. The highest BCUT2D eigenvalue weighted by Gasteiger charge is 2.30. The van der Waals surface area contributed by atoms with Gasteiger partial charge in [-0.15, -0.1) is 0 Å². The van der Waals surface area contributed by atoms with Crippen molar-refractivity contribution in [1.29, 1.82) is 0 Å². The molecule has 4 heteroatoms. The lowest BCUT2D eigenvalue weighted by Crippen LogP contribution is -2.41. The highest BCUT2D eigenvalue weighted by molar-refractivity contribution is 5.97. The summed E-state index contributed by atoms with van der Waals surface area (Å²) in [5.41, 5.74) is 7.23. The second kappa shape index (κ2) is 9.42. The predicted molar refractivity (Wildman–Crippen MR) is 139 cm³/mol. The molecule has 0 aromatic heterocycles. The van der Waals surface area contributed by atoms with Crippen molar-refractivity contribution in [1.82, 2.24) is 9.80 Å². The molecule has 1 fully saturated rings. The van der Waals surface area contributed by atoms with Crippen LogP contribution in [0.5, 0.6) is 5.75 Å². The molecule has 4 nitrogen and oxygen atoms in total. The van der Waals surface area contributed by atoms with Crippen LogP contribution in [0.4, 0.5) is 0 Å². The van der Waals surface area contributed by atoms with Gasteiger partial charge in [0, 0.05) is 31.7 Å². The maximum absolute atomic E-state index is 13.1. The quantitative estimate of drug-likeness (QED) is 0.502. The summed E-state index contributed by atoms with van der Waals surface area (Å²) in [6.07, 6.45) is 3.22. The molecule has 5 rings (SSSR count). The van der Waals surface area contributed by atoms with Crippen molar-refractivity contribution in [2.45, 2.75) is 40.0 Å². The van der Waals surface area contributed by atoms with Crippen LogP contribution in [0.1, 0.15) is 44.6 Å². The van der Waals surface area contributed by atoms with Crippen LogP contribution >= 0.6 is 0 Å². The third-order valence-electron chi connectivity index (χ3n) is 7.98. The van der Waals surface area contributed by atoms with Crippen LogP contribution in [0.3, 0.4) is 0 Å². The molecular formula is C30H36N2O2. The zero-order valence-electron chi connectivity index (χ0n) is 21.0. The van der Waals surface area contributed by atoms with Crippen LogP contribution in [-0.4, -0.2) is 55.5 Å². The first-order valence-corrected chi connectivity index (χ1v) is 12.6. The Morgan fingerprint density at radius 3 is 2.65 bits per heavy atom. The van der Waals surface area contributed by atoms with Crippen LogP contribution in [-0.2, 0) is 12.8 Å². The number of likely N-dealkylation sites (tertiary alicyclic amines) is 1. The Balaban J connectivity index is 1.17. The number of fused-ring (bicyclic) bond motifs is 2. The Hall–Kier alpha value is -2.85. The van der Waals surface area contributed by atoms with E-state index in [0.29, 0.717) is 5.92 Å². The largest absolute Gasteiger partial charge is 0.496 e. The molecule has 2 heterocycles. The van der Waals surface area contributed by atoms with Crippen molar-refractivity contribution in [3.63, 3.8) is 0 Å². The summed E-state index contributed by atoms with van der Waals surface area (Å²) >= 11 is 0. The molecule has 0 bridgehead atoms. The summed E-state index contributed by atoms with van der Waals surface area (Å²) in [4.78, 5) is 17.8. The highest BCUT2D eigenvalue weighted by Crippen LogP contribution is 2.29. The topological polar surface area (TPSA) is 32.8 Å². The van der Waals surface area contributed by atoms with E-state index in [1.54, 1.807) is 7.11 Å². The first kappa shape index (κ1) is 22.9. The fourth-order valence-corrected chi connectivity index (χ4v) is 5.74. The number of methoxy groups -OCH3 is 1. The van der Waals surface area contributed by atoms with Crippen molar-refractivity contribution in [2.75, 3.05) is 39.8 Å². The molecule has 178 valence electrons. The summed E-state index contributed by atoms with van der Waals surface area (Å²) in [6, 6.07) is 15.3. The smallest absolute Gasteiger partial charge is 0.254 e. The Kier molecular flexibility index (Phi) is 6.35. The fraction of sp³-hybridized carbons (Fsp3) is 0.433. The lowest BCUT2D eigenvalue weighted by atomic mass is 9.93. The van der Waals surface area contributed by atoms with Crippen molar-refractivity contribution < 1.29 is 9.53 Å². The Bertz CT molecular complexity index is 1230. The first-order chi connectivity index (χ1) is 16.4. The number of benzene rings is 3. The summed E-state index contributed by atoms with van der Waals surface area (Å²) in [6.45, 7) is 11.4. The maximum atomic E-state index is 13.1.